The minimum Gasteiger partial charge on any atom is -0.508 e. The van der Waals surface area contributed by atoms with Crippen molar-refractivity contribution < 1.29 is 40.0 Å². The van der Waals surface area contributed by atoms with Crippen molar-refractivity contribution in [2.24, 2.45) is 0 Å². The number of phenolic OH excluding ortho intramolecular Hbond substituents is 1. The molecule has 0 radical (unpaired) electrons. The van der Waals surface area contributed by atoms with Gasteiger partial charge in [0.15, 0.2) is 11.6 Å². The van der Waals surface area contributed by atoms with Gasteiger partial charge in [0.05, 0.1) is 0 Å². The number of aryl methyl sites for hydroxylation is 1. The van der Waals surface area contributed by atoms with E-state index in [0.29, 0.717) is 29.9 Å². The van der Waals surface area contributed by atoms with Gasteiger partial charge in [-0.1, -0.05) is 37.8 Å². The average molecular weight is 678 g/mol. The first kappa shape index (κ1) is 38.1. The number of nitrogens with zero attached hydrogens (tertiary/aromatic N) is 1. The fourth-order valence-corrected chi connectivity index (χ4v) is 7.17. The Kier molecular flexibility index (Phi) is 15.1. The Morgan fingerprint density at radius 3 is 2.20 bits per heavy atom. The summed E-state index contributed by atoms with van der Waals surface area (Å²) in [5.41, 5.74) is 5.00. The molecule has 0 heterocycles. The maximum Gasteiger partial charge on any atom is 0.453 e. The Balaban J connectivity index is 1.35. The number of alkyl halides is 5. The maximum atomic E-state index is 14.1. The van der Waals surface area contributed by atoms with E-state index in [1.807, 2.05) is 13.1 Å². The first-order valence-electron chi connectivity index (χ1n) is 16.3. The second-order valence-corrected chi connectivity index (χ2v) is 14.0. The van der Waals surface area contributed by atoms with Gasteiger partial charge in [0.2, 0.25) is 0 Å². The number of rotatable bonds is 19. The van der Waals surface area contributed by atoms with Gasteiger partial charge in [-0.3, -0.25) is 4.21 Å². The summed E-state index contributed by atoms with van der Waals surface area (Å²) in [6.07, 6.45) is 2.33. The minimum absolute atomic E-state index is 0.209. The predicted molar refractivity (Wildman–Crippen MR) is 171 cm³/mol. The fraction of sp³-hybridized carbons (Fsp3) is 0.600. The molecule has 3 nitrogen and oxygen atoms in total. The molecular weight excluding hydrogens is 631 g/mol. The summed E-state index contributed by atoms with van der Waals surface area (Å²) < 4.78 is 102. The molecule has 0 spiro atoms. The van der Waals surface area contributed by atoms with E-state index in [2.05, 4.69) is 4.90 Å². The van der Waals surface area contributed by atoms with Gasteiger partial charge in [-0.25, -0.2) is 8.78 Å². The summed E-state index contributed by atoms with van der Waals surface area (Å²) >= 11 is 0. The van der Waals surface area contributed by atoms with Crippen molar-refractivity contribution in [3.8, 4) is 5.75 Å². The SMILES string of the molecule is CN(CCCCCCC1=C(c2ccc(F)c(F)c2)CCCc2cc(O)ccc21)CCCS(=O)CCCCCCC(F)(F)C(F)(F)F. The molecule has 1 aliphatic rings. The zero-order chi connectivity index (χ0) is 33.7. The van der Waals surface area contributed by atoms with Crippen LogP contribution in [-0.4, -0.2) is 58.0 Å². The number of halogens is 7. The lowest BCUT2D eigenvalue weighted by Crippen LogP contribution is -2.36. The third kappa shape index (κ3) is 12.0. The first-order chi connectivity index (χ1) is 21.8. The summed E-state index contributed by atoms with van der Waals surface area (Å²) in [6, 6.07) is 9.50. The van der Waals surface area contributed by atoms with Crippen LogP contribution in [0.5, 0.6) is 5.75 Å². The Morgan fingerprint density at radius 2 is 1.46 bits per heavy atom. The van der Waals surface area contributed by atoms with E-state index in [9.17, 15) is 40.0 Å². The molecule has 2 aromatic carbocycles. The molecule has 2 aromatic rings. The molecule has 0 saturated heterocycles. The monoisotopic (exact) mass is 677 g/mol. The molecule has 0 fully saturated rings. The van der Waals surface area contributed by atoms with E-state index in [0.717, 1.165) is 93.2 Å². The highest BCUT2D eigenvalue weighted by atomic mass is 32.2. The molecule has 0 aromatic heterocycles. The quantitative estimate of drug-likeness (QED) is 0.119. The Labute approximate surface area is 270 Å². The fourth-order valence-electron chi connectivity index (χ4n) is 5.99. The summed E-state index contributed by atoms with van der Waals surface area (Å²) in [5.74, 6) is -5.19. The first-order valence-corrected chi connectivity index (χ1v) is 17.7. The van der Waals surface area contributed by atoms with Crippen LogP contribution in [0, 0.1) is 11.6 Å². The molecule has 1 aliphatic carbocycles. The lowest BCUT2D eigenvalue weighted by Gasteiger charge is -2.19. The van der Waals surface area contributed by atoms with Crippen LogP contribution in [0.2, 0.25) is 0 Å². The summed E-state index contributed by atoms with van der Waals surface area (Å²) in [6.45, 7) is 1.70. The zero-order valence-corrected chi connectivity index (χ0v) is 27.4. The second kappa shape index (κ2) is 18.2. The lowest BCUT2D eigenvalue weighted by molar-refractivity contribution is -0.284. The molecule has 3 rings (SSSR count). The van der Waals surface area contributed by atoms with Crippen molar-refractivity contribution in [3.63, 3.8) is 0 Å². The van der Waals surface area contributed by atoms with Crippen LogP contribution in [0.3, 0.4) is 0 Å². The highest BCUT2D eigenvalue weighted by Gasteiger charge is 2.56. The molecule has 11 heteroatoms. The van der Waals surface area contributed by atoms with Gasteiger partial charge in [0, 0.05) is 28.7 Å². The summed E-state index contributed by atoms with van der Waals surface area (Å²) in [5, 5.41) is 10.0. The van der Waals surface area contributed by atoms with E-state index >= 15 is 0 Å². The Morgan fingerprint density at radius 1 is 0.783 bits per heavy atom. The van der Waals surface area contributed by atoms with Crippen LogP contribution >= 0.6 is 0 Å². The Hall–Kier alpha value is -2.40. The summed E-state index contributed by atoms with van der Waals surface area (Å²) in [7, 11) is 0.988. The van der Waals surface area contributed by atoms with Gasteiger partial charge >= 0.3 is 12.1 Å². The molecule has 1 N–H and O–H groups in total. The molecule has 46 heavy (non-hydrogen) atoms. The van der Waals surface area contributed by atoms with Gasteiger partial charge in [0.25, 0.3) is 0 Å². The number of hydrogen-bond donors (Lipinski definition) is 1. The number of aromatic hydroxyl groups is 1. The topological polar surface area (TPSA) is 40.5 Å². The number of benzene rings is 2. The van der Waals surface area contributed by atoms with Crippen LogP contribution in [0.25, 0.3) is 11.1 Å². The lowest BCUT2D eigenvalue weighted by atomic mass is 9.89. The van der Waals surface area contributed by atoms with Crippen LogP contribution in [0.1, 0.15) is 100 Å². The maximum absolute atomic E-state index is 14.1. The molecular formula is C35H46F7NO2S. The standard InChI is InChI=1S/C35H46F7NO2S/c1-43(21-11-23-46(45)22-9-5-3-7-19-34(38,39)35(40,41)42)20-8-4-2-6-13-31-29(27-15-18-32(36)33(37)25-27)14-10-12-26-24-28(44)16-17-30(26)31/h15-18,24-25,44H,2-14,19-23H2,1H3. The van der Waals surface area contributed by atoms with E-state index in [1.165, 1.54) is 12.1 Å². The van der Waals surface area contributed by atoms with Gasteiger partial charge in [0.1, 0.15) is 5.75 Å². The van der Waals surface area contributed by atoms with Crippen molar-refractivity contribution >= 4 is 21.9 Å². The smallest absolute Gasteiger partial charge is 0.453 e. The normalized spacial score (nSPS) is 14.9. The molecule has 0 bridgehead atoms. The highest BCUT2D eigenvalue weighted by molar-refractivity contribution is 7.84. The largest absolute Gasteiger partial charge is 0.508 e. The minimum atomic E-state index is -5.50. The van der Waals surface area contributed by atoms with Crippen LogP contribution < -0.4 is 0 Å². The predicted octanol–water partition coefficient (Wildman–Crippen LogP) is 10.1. The van der Waals surface area contributed by atoms with Crippen molar-refractivity contribution in [1.29, 1.82) is 0 Å². The number of phenols is 1. The average Bonchev–Trinajstić information content (AvgIpc) is 3.16. The van der Waals surface area contributed by atoms with Crippen LogP contribution in [0.15, 0.2) is 36.4 Å². The van der Waals surface area contributed by atoms with Crippen LogP contribution in [0.4, 0.5) is 30.7 Å². The van der Waals surface area contributed by atoms with Gasteiger partial charge < -0.3 is 10.0 Å². The van der Waals surface area contributed by atoms with E-state index in [1.54, 1.807) is 18.2 Å². The second-order valence-electron chi connectivity index (χ2n) is 12.3. The molecule has 0 saturated carbocycles. The number of fused-ring (bicyclic) bond motifs is 1. The van der Waals surface area contributed by atoms with Crippen molar-refractivity contribution in [1.82, 2.24) is 4.90 Å². The molecule has 258 valence electrons. The molecule has 1 unspecified atom stereocenters. The third-order valence-electron chi connectivity index (χ3n) is 8.58. The Bertz CT molecular complexity index is 1310. The van der Waals surface area contributed by atoms with Crippen molar-refractivity contribution in [3.05, 3.63) is 64.7 Å². The van der Waals surface area contributed by atoms with Gasteiger partial charge in [-0.15, -0.1) is 0 Å². The van der Waals surface area contributed by atoms with Crippen LogP contribution in [-0.2, 0) is 17.2 Å². The number of hydrogen-bond acceptors (Lipinski definition) is 3. The molecule has 1 atom stereocenters. The zero-order valence-electron chi connectivity index (χ0n) is 26.5. The van der Waals surface area contributed by atoms with E-state index in [-0.39, 0.29) is 18.6 Å². The summed E-state index contributed by atoms with van der Waals surface area (Å²) in [4.78, 5) is 2.20. The molecule has 0 aliphatic heterocycles. The molecule has 0 amide bonds. The third-order valence-corrected chi connectivity index (χ3v) is 10.1. The number of allylic oxidation sites excluding steroid dienone is 2. The van der Waals surface area contributed by atoms with E-state index < -0.39 is 41.0 Å². The van der Waals surface area contributed by atoms with Crippen molar-refractivity contribution in [2.45, 2.75) is 102 Å². The van der Waals surface area contributed by atoms with Crippen molar-refractivity contribution in [2.75, 3.05) is 31.6 Å². The number of unbranched alkanes of at least 4 members (excludes halogenated alkanes) is 6. The van der Waals surface area contributed by atoms with Gasteiger partial charge in [-0.2, -0.15) is 22.0 Å². The van der Waals surface area contributed by atoms with Gasteiger partial charge in [-0.05, 0) is 130 Å². The highest BCUT2D eigenvalue weighted by Crippen LogP contribution is 2.41. The van der Waals surface area contributed by atoms with E-state index in [4.69, 9.17) is 0 Å².